The lowest BCUT2D eigenvalue weighted by Gasteiger charge is -2.37. The van der Waals surface area contributed by atoms with E-state index >= 15 is 0 Å². The Hall–Kier alpha value is -2.66. The number of carbonyl (C=O) groups excluding carboxylic acids is 1. The molecule has 5 nitrogen and oxygen atoms in total. The maximum atomic E-state index is 12.8. The molecule has 168 valence electrons. The molecule has 0 spiro atoms. The van der Waals surface area contributed by atoms with E-state index in [1.807, 2.05) is 0 Å². The number of aromatic nitrogens is 2. The van der Waals surface area contributed by atoms with Crippen LogP contribution in [0, 0.1) is 19.8 Å². The van der Waals surface area contributed by atoms with Crippen LogP contribution >= 0.6 is 0 Å². The molecule has 2 saturated heterocycles. The summed E-state index contributed by atoms with van der Waals surface area (Å²) in [5.41, 5.74) is 8.42. The van der Waals surface area contributed by atoms with Gasteiger partial charge in [0.1, 0.15) is 0 Å². The number of hydrogen-bond donors (Lipinski definition) is 2. The van der Waals surface area contributed by atoms with Crippen molar-refractivity contribution >= 4 is 16.8 Å². The fourth-order valence-electron chi connectivity index (χ4n) is 5.46. The highest BCUT2D eigenvalue weighted by Crippen LogP contribution is 2.38. The maximum Gasteiger partial charge on any atom is 0.228 e. The zero-order valence-corrected chi connectivity index (χ0v) is 19.7. The van der Waals surface area contributed by atoms with Crippen LogP contribution in [0.3, 0.4) is 0 Å². The first kappa shape index (κ1) is 21.2. The van der Waals surface area contributed by atoms with Crippen LogP contribution in [0.4, 0.5) is 0 Å². The van der Waals surface area contributed by atoms with Crippen LogP contribution in [0.5, 0.6) is 0 Å². The third-order valence-electron chi connectivity index (χ3n) is 7.15. The van der Waals surface area contributed by atoms with Gasteiger partial charge in [0.2, 0.25) is 5.91 Å². The molecule has 0 aliphatic carbocycles. The second-order valence-electron chi connectivity index (χ2n) is 9.99. The number of nitrogens with zero attached hydrogens (tertiary/aromatic N) is 2. The average molecular weight is 431 g/mol. The summed E-state index contributed by atoms with van der Waals surface area (Å²) in [4.78, 5) is 23.2. The van der Waals surface area contributed by atoms with Gasteiger partial charge in [-0.2, -0.15) is 0 Å². The van der Waals surface area contributed by atoms with E-state index in [-0.39, 0.29) is 5.92 Å². The summed E-state index contributed by atoms with van der Waals surface area (Å²) in [6.45, 7) is 12.1. The number of piperidine rings is 1. The molecule has 2 aliphatic heterocycles. The topological polar surface area (TPSA) is 61.0 Å². The molecule has 5 rings (SSSR count). The van der Waals surface area contributed by atoms with Crippen LogP contribution in [-0.2, 0) is 4.79 Å². The van der Waals surface area contributed by atoms with Gasteiger partial charge < -0.3 is 15.2 Å². The Labute approximate surface area is 190 Å². The number of aryl methyl sites for hydroxylation is 2. The molecule has 2 aliphatic rings. The van der Waals surface area contributed by atoms with Crippen molar-refractivity contribution in [2.24, 2.45) is 5.92 Å². The minimum atomic E-state index is 0.184. The van der Waals surface area contributed by atoms with Gasteiger partial charge in [-0.1, -0.05) is 19.9 Å². The molecule has 5 heteroatoms. The number of nitrogens with one attached hydrogen (secondary N) is 2. The molecule has 0 bridgehead atoms. The number of likely N-dealkylation sites (tertiary alicyclic amines) is 1. The Morgan fingerprint density at radius 2 is 1.88 bits per heavy atom. The van der Waals surface area contributed by atoms with Crippen molar-refractivity contribution in [2.45, 2.75) is 52.4 Å². The minimum absolute atomic E-state index is 0.184. The number of carbonyl (C=O) groups is 1. The number of amides is 1. The van der Waals surface area contributed by atoms with Crippen LogP contribution in [0.25, 0.3) is 22.2 Å². The summed E-state index contributed by atoms with van der Waals surface area (Å²) in [6.07, 6.45) is 2.23. The first-order chi connectivity index (χ1) is 15.4. The van der Waals surface area contributed by atoms with Crippen molar-refractivity contribution in [1.29, 1.82) is 0 Å². The van der Waals surface area contributed by atoms with Gasteiger partial charge in [0.25, 0.3) is 0 Å². The number of H-pyrrole nitrogens is 1. The Kier molecular flexibility index (Phi) is 5.54. The molecule has 1 unspecified atom stereocenters. The molecule has 1 aromatic carbocycles. The summed E-state index contributed by atoms with van der Waals surface area (Å²) in [6, 6.07) is 11.2. The smallest absolute Gasteiger partial charge is 0.228 e. The van der Waals surface area contributed by atoms with Crippen molar-refractivity contribution in [3.63, 3.8) is 0 Å². The molecule has 0 radical (unpaired) electrons. The van der Waals surface area contributed by atoms with Crippen molar-refractivity contribution in [1.82, 2.24) is 20.2 Å². The quantitative estimate of drug-likeness (QED) is 0.619. The number of hydrogen-bond acceptors (Lipinski definition) is 3. The Bertz CT molecular complexity index is 1140. The van der Waals surface area contributed by atoms with Crippen LogP contribution in [-0.4, -0.2) is 47.0 Å². The van der Waals surface area contributed by atoms with E-state index in [1.54, 1.807) is 0 Å². The molecular weight excluding hydrogens is 396 g/mol. The van der Waals surface area contributed by atoms with Crippen LogP contribution in [0.15, 0.2) is 30.3 Å². The molecular formula is C27H34N4O. The number of benzene rings is 1. The fourth-order valence-corrected chi connectivity index (χ4v) is 5.46. The molecule has 0 saturated carbocycles. The lowest BCUT2D eigenvalue weighted by atomic mass is 9.87. The lowest BCUT2D eigenvalue weighted by Crippen LogP contribution is -2.53. The second-order valence-corrected chi connectivity index (χ2v) is 9.99. The van der Waals surface area contributed by atoms with Gasteiger partial charge >= 0.3 is 0 Å². The third-order valence-corrected chi connectivity index (χ3v) is 7.15. The van der Waals surface area contributed by atoms with E-state index < -0.39 is 0 Å². The van der Waals surface area contributed by atoms with Crippen LogP contribution < -0.4 is 5.32 Å². The molecule has 4 heterocycles. The number of aromatic amines is 1. The van der Waals surface area contributed by atoms with Crippen LogP contribution in [0.2, 0.25) is 0 Å². The van der Waals surface area contributed by atoms with Crippen molar-refractivity contribution in [3.05, 3.63) is 52.8 Å². The van der Waals surface area contributed by atoms with Crippen molar-refractivity contribution in [2.75, 3.05) is 26.2 Å². The molecule has 2 aromatic heterocycles. The van der Waals surface area contributed by atoms with Gasteiger partial charge in [0, 0.05) is 60.0 Å². The summed E-state index contributed by atoms with van der Waals surface area (Å²) < 4.78 is 0. The number of rotatable bonds is 4. The number of pyridine rings is 1. The van der Waals surface area contributed by atoms with Gasteiger partial charge in [0.15, 0.2) is 0 Å². The Morgan fingerprint density at radius 3 is 2.53 bits per heavy atom. The van der Waals surface area contributed by atoms with E-state index in [9.17, 15) is 4.79 Å². The SMILES string of the molecule is Cc1cc(-c2[nH]c3ccc(C4CCCN(C(=O)C5CNC5)C4)cc3c2C(C)C)cc(C)n1. The lowest BCUT2D eigenvalue weighted by molar-refractivity contribution is -0.138. The predicted molar refractivity (Wildman–Crippen MR) is 130 cm³/mol. The molecule has 1 atom stereocenters. The zero-order valence-electron chi connectivity index (χ0n) is 19.7. The van der Waals surface area contributed by atoms with Gasteiger partial charge in [0.05, 0.1) is 11.6 Å². The monoisotopic (exact) mass is 430 g/mol. The highest BCUT2D eigenvalue weighted by molar-refractivity contribution is 5.92. The third kappa shape index (κ3) is 3.83. The summed E-state index contributed by atoms with van der Waals surface area (Å²) >= 11 is 0. The van der Waals surface area contributed by atoms with Gasteiger partial charge in [-0.25, -0.2) is 0 Å². The average Bonchev–Trinajstić information content (AvgIpc) is 3.11. The first-order valence-electron chi connectivity index (χ1n) is 12.0. The second kappa shape index (κ2) is 8.36. The highest BCUT2D eigenvalue weighted by Gasteiger charge is 2.32. The summed E-state index contributed by atoms with van der Waals surface area (Å²) in [5, 5.41) is 4.54. The molecule has 3 aromatic rings. The van der Waals surface area contributed by atoms with Gasteiger partial charge in [-0.15, -0.1) is 0 Å². The molecule has 1 amide bonds. The fraction of sp³-hybridized carbons (Fsp3) is 0.481. The van der Waals surface area contributed by atoms with E-state index in [0.29, 0.717) is 17.7 Å². The zero-order chi connectivity index (χ0) is 22.4. The standard InChI is InChI=1S/C27H34N4O/c1-16(2)25-23-12-19(20-6-5-9-31(15-20)27(32)22-13-28-14-22)7-8-24(23)30-26(25)21-10-17(3)29-18(4)11-21/h7-8,10-12,16,20,22,28,30H,5-6,9,13-15H2,1-4H3. The normalized spacial score (nSPS) is 19.5. The van der Waals surface area contributed by atoms with E-state index in [0.717, 1.165) is 50.4 Å². The van der Waals surface area contributed by atoms with Crippen molar-refractivity contribution in [3.8, 4) is 11.3 Å². The van der Waals surface area contributed by atoms with E-state index in [2.05, 4.69) is 78.2 Å². The largest absolute Gasteiger partial charge is 0.354 e. The summed E-state index contributed by atoms with van der Waals surface area (Å²) in [7, 11) is 0. The maximum absolute atomic E-state index is 12.8. The van der Waals surface area contributed by atoms with Gasteiger partial charge in [-0.3, -0.25) is 9.78 Å². The molecule has 32 heavy (non-hydrogen) atoms. The Morgan fingerprint density at radius 1 is 1.12 bits per heavy atom. The van der Waals surface area contributed by atoms with Crippen LogP contribution in [0.1, 0.15) is 61.0 Å². The predicted octanol–water partition coefficient (Wildman–Crippen LogP) is 4.90. The Balaban J connectivity index is 1.50. The molecule has 2 N–H and O–H groups in total. The minimum Gasteiger partial charge on any atom is -0.354 e. The summed E-state index contributed by atoms with van der Waals surface area (Å²) in [5.74, 6) is 1.33. The van der Waals surface area contributed by atoms with E-state index in [1.165, 1.54) is 33.3 Å². The first-order valence-corrected chi connectivity index (χ1v) is 12.0. The van der Waals surface area contributed by atoms with Crippen molar-refractivity contribution < 1.29 is 4.79 Å². The van der Waals surface area contributed by atoms with E-state index in [4.69, 9.17) is 0 Å². The molecule has 2 fully saturated rings. The highest BCUT2D eigenvalue weighted by atomic mass is 16.2. The number of fused-ring (bicyclic) bond motifs is 1. The van der Waals surface area contributed by atoms with Gasteiger partial charge in [-0.05, 0) is 68.0 Å².